The molecule has 4 rings (SSSR count). The maximum Gasteiger partial charge on any atom is 0.245 e. The van der Waals surface area contributed by atoms with E-state index in [1.165, 1.54) is 6.92 Å². The minimum atomic E-state index is -0.360. The van der Waals surface area contributed by atoms with Gasteiger partial charge in [0.25, 0.3) is 0 Å². The Bertz CT molecular complexity index is 862. The molecule has 0 radical (unpaired) electrons. The summed E-state index contributed by atoms with van der Waals surface area (Å²) in [5.74, 6) is -0.00615. The van der Waals surface area contributed by atoms with Crippen LogP contribution < -0.4 is 5.32 Å². The molecule has 154 valence electrons. The lowest BCUT2D eigenvalue weighted by molar-refractivity contribution is -0.140. The topological polar surface area (TPSA) is 92.6 Å². The third-order valence-electron chi connectivity index (χ3n) is 5.32. The number of carbonyl (C=O) groups is 2. The molecular formula is C20H26N6O3. The molecule has 0 unspecified atom stereocenters. The molecule has 1 fully saturated rings. The van der Waals surface area contributed by atoms with Crippen LogP contribution in [0.25, 0.3) is 0 Å². The Labute approximate surface area is 169 Å². The monoisotopic (exact) mass is 398 g/mol. The van der Waals surface area contributed by atoms with E-state index >= 15 is 0 Å². The maximum atomic E-state index is 13.6. The van der Waals surface area contributed by atoms with Crippen molar-refractivity contribution in [1.82, 2.24) is 29.9 Å². The van der Waals surface area contributed by atoms with Gasteiger partial charge < -0.3 is 15.0 Å². The van der Waals surface area contributed by atoms with Crippen molar-refractivity contribution in [3.05, 3.63) is 47.5 Å². The molecular weight excluding hydrogens is 372 g/mol. The van der Waals surface area contributed by atoms with Gasteiger partial charge in [0.15, 0.2) is 0 Å². The molecule has 2 aliphatic heterocycles. The average molecular weight is 398 g/mol. The fourth-order valence-corrected chi connectivity index (χ4v) is 3.87. The summed E-state index contributed by atoms with van der Waals surface area (Å²) in [7, 11) is 0. The predicted molar refractivity (Wildman–Crippen MR) is 105 cm³/mol. The number of hydrogen-bond donors (Lipinski definition) is 1. The van der Waals surface area contributed by atoms with E-state index in [0.29, 0.717) is 39.4 Å². The largest absolute Gasteiger partial charge is 0.379 e. The Morgan fingerprint density at radius 3 is 2.79 bits per heavy atom. The van der Waals surface area contributed by atoms with Gasteiger partial charge in [-0.3, -0.25) is 24.2 Å². The first kappa shape index (κ1) is 19.5. The number of pyridine rings is 1. The van der Waals surface area contributed by atoms with Gasteiger partial charge in [0.1, 0.15) is 6.04 Å². The highest BCUT2D eigenvalue weighted by molar-refractivity contribution is 5.83. The van der Waals surface area contributed by atoms with Crippen LogP contribution in [-0.2, 0) is 34.0 Å². The summed E-state index contributed by atoms with van der Waals surface area (Å²) in [4.78, 5) is 33.0. The van der Waals surface area contributed by atoms with E-state index in [-0.39, 0.29) is 17.9 Å². The summed E-state index contributed by atoms with van der Waals surface area (Å²) >= 11 is 0. The summed E-state index contributed by atoms with van der Waals surface area (Å²) in [5, 5.41) is 7.30. The second kappa shape index (κ2) is 8.71. The van der Waals surface area contributed by atoms with Crippen molar-refractivity contribution in [2.75, 3.05) is 32.8 Å². The lowest BCUT2D eigenvalue weighted by Crippen LogP contribution is -2.48. The second-order valence-corrected chi connectivity index (χ2v) is 7.36. The Morgan fingerprint density at radius 1 is 1.24 bits per heavy atom. The normalized spacial score (nSPS) is 18.2. The molecule has 0 aromatic carbocycles. The number of hydrogen-bond acceptors (Lipinski definition) is 6. The number of fused-ring (bicyclic) bond motifs is 1. The fraction of sp³-hybridized carbons (Fsp3) is 0.500. The van der Waals surface area contributed by atoms with Crippen molar-refractivity contribution in [3.63, 3.8) is 0 Å². The van der Waals surface area contributed by atoms with Gasteiger partial charge in [0.05, 0.1) is 44.2 Å². The van der Waals surface area contributed by atoms with Gasteiger partial charge in [0.2, 0.25) is 11.8 Å². The molecule has 9 heteroatoms. The van der Waals surface area contributed by atoms with Gasteiger partial charge in [-0.15, -0.1) is 0 Å². The third-order valence-corrected chi connectivity index (χ3v) is 5.32. The molecule has 1 saturated heterocycles. The molecule has 9 nitrogen and oxygen atoms in total. The predicted octanol–water partition coefficient (Wildman–Crippen LogP) is 0.330. The number of carbonyl (C=O) groups excluding carboxylic acids is 2. The van der Waals surface area contributed by atoms with Crippen molar-refractivity contribution < 1.29 is 14.3 Å². The molecule has 0 bridgehead atoms. The van der Waals surface area contributed by atoms with Crippen LogP contribution in [0.1, 0.15) is 29.9 Å². The molecule has 0 spiro atoms. The first-order valence-electron chi connectivity index (χ1n) is 9.92. The number of nitrogens with one attached hydrogen (secondary N) is 1. The highest BCUT2D eigenvalue weighted by atomic mass is 16.5. The molecule has 2 amide bonds. The molecule has 2 aromatic heterocycles. The number of nitrogens with zero attached hydrogens (tertiary/aromatic N) is 5. The van der Waals surface area contributed by atoms with E-state index in [1.807, 2.05) is 27.8 Å². The van der Waals surface area contributed by atoms with Gasteiger partial charge in [-0.1, -0.05) is 6.07 Å². The summed E-state index contributed by atoms with van der Waals surface area (Å²) < 4.78 is 7.40. The van der Waals surface area contributed by atoms with Crippen LogP contribution in [0.2, 0.25) is 0 Å². The van der Waals surface area contributed by atoms with Gasteiger partial charge >= 0.3 is 0 Å². The lowest BCUT2D eigenvalue weighted by atomic mass is 10.0. The SMILES string of the molecule is CC(=O)NCc1cc2n(n1)CCN(C(=O)[C@@H](c1cccnc1)N1CCOCC1)C2. The number of amides is 2. The number of ether oxygens (including phenoxy) is 1. The van der Waals surface area contributed by atoms with Crippen molar-refractivity contribution in [3.8, 4) is 0 Å². The summed E-state index contributed by atoms with van der Waals surface area (Å²) in [6.07, 6.45) is 3.50. The van der Waals surface area contributed by atoms with Gasteiger partial charge in [-0.05, 0) is 17.7 Å². The Kier molecular flexibility index (Phi) is 5.86. The number of rotatable bonds is 5. The first-order chi connectivity index (χ1) is 14.1. The summed E-state index contributed by atoms with van der Waals surface area (Å²) in [5.41, 5.74) is 2.70. The van der Waals surface area contributed by atoms with Crippen LogP contribution in [0, 0.1) is 0 Å². The zero-order chi connectivity index (χ0) is 20.2. The molecule has 2 aromatic rings. The molecule has 1 atom stereocenters. The molecule has 2 aliphatic rings. The fourth-order valence-electron chi connectivity index (χ4n) is 3.87. The van der Waals surface area contributed by atoms with Crippen molar-refractivity contribution in [1.29, 1.82) is 0 Å². The van der Waals surface area contributed by atoms with E-state index < -0.39 is 0 Å². The minimum Gasteiger partial charge on any atom is -0.379 e. The highest BCUT2D eigenvalue weighted by Crippen LogP contribution is 2.26. The molecule has 0 aliphatic carbocycles. The van der Waals surface area contributed by atoms with Crippen LogP contribution in [0.4, 0.5) is 0 Å². The third kappa shape index (κ3) is 4.46. The van der Waals surface area contributed by atoms with Crippen molar-refractivity contribution in [2.24, 2.45) is 0 Å². The van der Waals surface area contributed by atoms with Crippen LogP contribution in [0.3, 0.4) is 0 Å². The van der Waals surface area contributed by atoms with E-state index in [9.17, 15) is 9.59 Å². The quantitative estimate of drug-likeness (QED) is 0.780. The highest BCUT2D eigenvalue weighted by Gasteiger charge is 2.34. The Morgan fingerprint density at radius 2 is 2.07 bits per heavy atom. The smallest absolute Gasteiger partial charge is 0.245 e. The molecule has 4 heterocycles. The van der Waals surface area contributed by atoms with Crippen LogP contribution in [-0.4, -0.2) is 69.2 Å². The first-order valence-corrected chi connectivity index (χ1v) is 9.92. The maximum absolute atomic E-state index is 13.6. The lowest BCUT2D eigenvalue weighted by Gasteiger charge is -2.37. The van der Waals surface area contributed by atoms with Gasteiger partial charge in [0, 0.05) is 39.0 Å². The van der Waals surface area contributed by atoms with E-state index in [0.717, 1.165) is 30.0 Å². The van der Waals surface area contributed by atoms with Crippen molar-refractivity contribution in [2.45, 2.75) is 32.6 Å². The second-order valence-electron chi connectivity index (χ2n) is 7.36. The van der Waals surface area contributed by atoms with Crippen LogP contribution in [0.5, 0.6) is 0 Å². The summed E-state index contributed by atoms with van der Waals surface area (Å²) in [6.45, 7) is 6.34. The number of aromatic nitrogens is 3. The van der Waals surface area contributed by atoms with Gasteiger partial charge in [-0.2, -0.15) is 5.10 Å². The average Bonchev–Trinajstić information content (AvgIpc) is 3.16. The van der Waals surface area contributed by atoms with E-state index in [1.54, 1.807) is 12.4 Å². The molecule has 29 heavy (non-hydrogen) atoms. The minimum absolute atomic E-state index is 0.0794. The summed E-state index contributed by atoms with van der Waals surface area (Å²) in [6, 6.07) is 5.43. The van der Waals surface area contributed by atoms with Gasteiger partial charge in [-0.25, -0.2) is 0 Å². The Balaban J connectivity index is 1.52. The van der Waals surface area contributed by atoms with Crippen LogP contribution in [0.15, 0.2) is 30.6 Å². The zero-order valence-electron chi connectivity index (χ0n) is 16.6. The molecule has 1 N–H and O–H groups in total. The Hall–Kier alpha value is -2.78. The zero-order valence-corrected chi connectivity index (χ0v) is 16.6. The molecule has 0 saturated carbocycles. The van der Waals surface area contributed by atoms with E-state index in [2.05, 4.69) is 20.3 Å². The van der Waals surface area contributed by atoms with E-state index in [4.69, 9.17) is 4.74 Å². The number of morpholine rings is 1. The van der Waals surface area contributed by atoms with Crippen molar-refractivity contribution >= 4 is 11.8 Å². The standard InChI is InChI=1S/C20H26N6O3/c1-15(27)22-13-17-11-18-14-25(5-6-26(18)23-17)20(28)19(16-3-2-4-21-12-16)24-7-9-29-10-8-24/h2-4,11-12,19H,5-10,13-14H2,1H3,(H,22,27)/t19-/m1/s1. The van der Waals surface area contributed by atoms with Crippen LogP contribution >= 0.6 is 0 Å².